The van der Waals surface area contributed by atoms with E-state index in [9.17, 15) is 14.9 Å². The Balaban J connectivity index is 2.89. The Morgan fingerprint density at radius 2 is 2.35 bits per heavy atom. The fourth-order valence-electron chi connectivity index (χ4n) is 1.48. The monoisotopic (exact) mass is 299 g/mol. The molecule has 1 atom stereocenters. The van der Waals surface area contributed by atoms with Crippen LogP contribution in [0, 0.1) is 10.1 Å². The highest BCUT2D eigenvalue weighted by atomic mass is 32.2. The van der Waals surface area contributed by atoms with Crippen molar-refractivity contribution >= 4 is 29.2 Å². The van der Waals surface area contributed by atoms with Crippen molar-refractivity contribution in [1.82, 2.24) is 10.3 Å². The lowest BCUT2D eigenvalue weighted by Crippen LogP contribution is -2.35. The minimum Gasteiger partial charge on any atom is -0.358 e. The molecular formula is C11H17N5O3S. The number of nitrogens with two attached hydrogens (primary N) is 1. The van der Waals surface area contributed by atoms with E-state index >= 15 is 0 Å². The van der Waals surface area contributed by atoms with Crippen molar-refractivity contribution < 1.29 is 9.72 Å². The first-order valence-corrected chi connectivity index (χ1v) is 7.14. The maximum atomic E-state index is 12.1. The number of hydrogen-bond acceptors (Lipinski definition) is 7. The lowest BCUT2D eigenvalue weighted by atomic mass is 10.2. The summed E-state index contributed by atoms with van der Waals surface area (Å²) < 4.78 is 0. The van der Waals surface area contributed by atoms with Crippen LogP contribution in [0.15, 0.2) is 12.3 Å². The molecule has 0 spiro atoms. The third-order valence-electron chi connectivity index (χ3n) is 2.43. The van der Waals surface area contributed by atoms with Gasteiger partial charge in [0.2, 0.25) is 0 Å². The Morgan fingerprint density at radius 1 is 1.65 bits per heavy atom. The van der Waals surface area contributed by atoms with Crippen molar-refractivity contribution in [3.63, 3.8) is 0 Å². The number of aromatic nitrogens is 1. The Morgan fingerprint density at radius 3 is 2.90 bits per heavy atom. The van der Waals surface area contributed by atoms with E-state index in [0.29, 0.717) is 0 Å². The third kappa shape index (κ3) is 4.35. The van der Waals surface area contributed by atoms with Crippen LogP contribution in [0.2, 0.25) is 0 Å². The molecule has 1 amide bonds. The number of carbonyl (C=O) groups excluding carboxylic acids is 1. The van der Waals surface area contributed by atoms with Gasteiger partial charge in [-0.05, 0) is 22.6 Å². The molecule has 9 heteroatoms. The molecule has 4 N–H and O–H groups in total. The van der Waals surface area contributed by atoms with Crippen LogP contribution >= 0.6 is 11.8 Å². The van der Waals surface area contributed by atoms with Gasteiger partial charge in [0.15, 0.2) is 6.20 Å². The molecule has 1 aromatic rings. The van der Waals surface area contributed by atoms with E-state index in [2.05, 4.69) is 15.7 Å². The summed E-state index contributed by atoms with van der Waals surface area (Å²) in [6.45, 7) is 3.90. The minimum absolute atomic E-state index is 0.0507. The minimum atomic E-state index is -0.659. The first kappa shape index (κ1) is 16.2. The van der Waals surface area contributed by atoms with E-state index in [-0.39, 0.29) is 17.3 Å². The van der Waals surface area contributed by atoms with E-state index in [1.165, 1.54) is 6.20 Å². The first-order valence-electron chi connectivity index (χ1n) is 5.99. The molecule has 0 radical (unpaired) electrons. The zero-order valence-electron chi connectivity index (χ0n) is 11.3. The van der Waals surface area contributed by atoms with Crippen molar-refractivity contribution in [2.45, 2.75) is 19.9 Å². The second-order valence-corrected chi connectivity index (χ2v) is 5.34. The van der Waals surface area contributed by atoms with Gasteiger partial charge in [-0.15, -0.1) is 0 Å². The molecule has 0 saturated heterocycles. The maximum absolute atomic E-state index is 12.1. The fraction of sp³-hybridized carbons (Fsp3) is 0.455. The predicted octanol–water partition coefficient (Wildman–Crippen LogP) is 1.15. The summed E-state index contributed by atoms with van der Waals surface area (Å²) >= 11 is 1.70. The van der Waals surface area contributed by atoms with Gasteiger partial charge in [-0.3, -0.25) is 10.6 Å². The van der Waals surface area contributed by atoms with Gasteiger partial charge >= 0.3 is 5.82 Å². The van der Waals surface area contributed by atoms with E-state index in [1.807, 2.05) is 13.8 Å². The summed E-state index contributed by atoms with van der Waals surface area (Å²) in [7, 11) is 0. The zero-order valence-corrected chi connectivity index (χ0v) is 12.1. The normalized spacial score (nSPS) is 11.8. The molecule has 1 unspecified atom stereocenters. The molecule has 0 aliphatic heterocycles. The summed E-state index contributed by atoms with van der Waals surface area (Å²) in [5, 5.41) is 13.5. The van der Waals surface area contributed by atoms with Crippen LogP contribution < -0.4 is 16.6 Å². The van der Waals surface area contributed by atoms with Gasteiger partial charge in [0.1, 0.15) is 5.69 Å². The number of rotatable bonds is 7. The Bertz CT molecular complexity index is 497. The largest absolute Gasteiger partial charge is 0.364 e. The number of pyridine rings is 1. The molecule has 8 nitrogen and oxygen atoms in total. The number of anilines is 1. The highest BCUT2D eigenvalue weighted by Gasteiger charge is 2.19. The Kier molecular flexibility index (Phi) is 6.19. The predicted molar refractivity (Wildman–Crippen MR) is 78.6 cm³/mol. The number of nitro groups is 1. The summed E-state index contributed by atoms with van der Waals surface area (Å²) in [5.41, 5.74) is 2.65. The number of hydrogen-bond donors (Lipinski definition) is 3. The quantitative estimate of drug-likeness (QED) is 0.392. The van der Waals surface area contributed by atoms with Crippen LogP contribution in [0.1, 0.15) is 24.2 Å². The highest BCUT2D eigenvalue weighted by Crippen LogP contribution is 2.18. The summed E-state index contributed by atoms with van der Waals surface area (Å²) in [6, 6.07) is 1.05. The van der Waals surface area contributed by atoms with Crippen LogP contribution in [0.5, 0.6) is 0 Å². The SMILES string of the molecule is CCSCC(C)NC(=O)c1cc([N+](=O)[O-])ncc1NN. The highest BCUT2D eigenvalue weighted by molar-refractivity contribution is 7.99. The molecule has 0 aliphatic carbocycles. The molecule has 0 aromatic carbocycles. The molecule has 0 bridgehead atoms. The number of thioether (sulfide) groups is 1. The van der Waals surface area contributed by atoms with Crippen molar-refractivity contribution in [2.24, 2.45) is 5.84 Å². The fourth-order valence-corrected chi connectivity index (χ4v) is 2.16. The number of nitrogens with one attached hydrogen (secondary N) is 2. The van der Waals surface area contributed by atoms with Gasteiger partial charge < -0.3 is 20.9 Å². The summed E-state index contributed by atoms with van der Waals surface area (Å²) in [6.07, 6.45) is 1.17. The number of carbonyl (C=O) groups is 1. The number of amides is 1. The van der Waals surface area contributed by atoms with E-state index in [0.717, 1.165) is 17.6 Å². The molecular weight excluding hydrogens is 282 g/mol. The van der Waals surface area contributed by atoms with Gasteiger partial charge in [0.25, 0.3) is 5.91 Å². The lowest BCUT2D eigenvalue weighted by molar-refractivity contribution is -0.389. The van der Waals surface area contributed by atoms with E-state index < -0.39 is 16.6 Å². The van der Waals surface area contributed by atoms with Gasteiger partial charge in [0, 0.05) is 11.8 Å². The Hall–Kier alpha value is -1.87. The van der Waals surface area contributed by atoms with Gasteiger partial charge in [-0.2, -0.15) is 11.8 Å². The smallest absolute Gasteiger partial charge is 0.358 e. The molecule has 1 rings (SSSR count). The lowest BCUT2D eigenvalue weighted by Gasteiger charge is -2.14. The van der Waals surface area contributed by atoms with Gasteiger partial charge in [0.05, 0.1) is 11.6 Å². The van der Waals surface area contributed by atoms with Crippen molar-refractivity contribution in [2.75, 3.05) is 16.9 Å². The summed E-state index contributed by atoms with van der Waals surface area (Å²) in [5.74, 6) is 6.18. The van der Waals surface area contributed by atoms with E-state index in [1.54, 1.807) is 11.8 Å². The van der Waals surface area contributed by atoms with Crippen molar-refractivity contribution in [3.8, 4) is 0 Å². The molecule has 0 saturated carbocycles. The van der Waals surface area contributed by atoms with E-state index in [4.69, 9.17) is 5.84 Å². The molecule has 0 aliphatic rings. The van der Waals surface area contributed by atoms with Gasteiger partial charge in [-0.1, -0.05) is 6.92 Å². The van der Waals surface area contributed by atoms with Gasteiger partial charge in [-0.25, -0.2) is 0 Å². The first-order chi connectivity index (χ1) is 9.49. The van der Waals surface area contributed by atoms with Crippen LogP contribution in [0.3, 0.4) is 0 Å². The average molecular weight is 299 g/mol. The second kappa shape index (κ2) is 7.65. The van der Waals surface area contributed by atoms with Crippen LogP contribution in [0.4, 0.5) is 11.5 Å². The van der Waals surface area contributed by atoms with Crippen LogP contribution in [-0.4, -0.2) is 33.4 Å². The maximum Gasteiger partial charge on any atom is 0.364 e. The van der Waals surface area contributed by atoms with Crippen LogP contribution in [0.25, 0.3) is 0 Å². The molecule has 1 aromatic heterocycles. The molecule has 0 fully saturated rings. The molecule has 1 heterocycles. The number of nitrogen functional groups attached to an aromatic ring is 1. The standard InChI is InChI=1S/C11H17N5O3S/c1-3-20-6-7(2)14-11(17)8-4-10(16(18)19)13-5-9(8)15-12/h4-5,7,15H,3,6,12H2,1-2H3,(H,14,17). The third-order valence-corrected chi connectivity index (χ3v) is 3.57. The topological polar surface area (TPSA) is 123 Å². The average Bonchev–Trinajstić information content (AvgIpc) is 2.44. The summed E-state index contributed by atoms with van der Waals surface area (Å²) in [4.78, 5) is 25.7. The number of hydrazine groups is 1. The molecule has 20 heavy (non-hydrogen) atoms. The zero-order chi connectivity index (χ0) is 15.1. The van der Waals surface area contributed by atoms with Crippen molar-refractivity contribution in [3.05, 3.63) is 27.9 Å². The van der Waals surface area contributed by atoms with Crippen molar-refractivity contribution in [1.29, 1.82) is 0 Å². The Labute approximate surface area is 120 Å². The molecule has 110 valence electrons. The van der Waals surface area contributed by atoms with Crippen LogP contribution in [-0.2, 0) is 0 Å². The number of nitrogens with zero attached hydrogens (tertiary/aromatic N) is 2. The second-order valence-electron chi connectivity index (χ2n) is 4.02.